The van der Waals surface area contributed by atoms with Gasteiger partial charge in [-0.3, -0.25) is 4.79 Å². The van der Waals surface area contributed by atoms with Gasteiger partial charge in [0.1, 0.15) is 5.75 Å². The fraction of sp³-hybridized carbons (Fsp3) is 0.409. The number of carbonyl (C=O) groups excluding carboxylic acids is 1. The first-order valence-corrected chi connectivity index (χ1v) is 11.4. The molecule has 1 heterocycles. The van der Waals surface area contributed by atoms with E-state index in [-0.39, 0.29) is 23.3 Å². The maximum absolute atomic E-state index is 13.0. The molecule has 2 aromatic rings. The number of hydrogen-bond acceptors (Lipinski definition) is 5. The Morgan fingerprint density at radius 3 is 2.53 bits per heavy atom. The van der Waals surface area contributed by atoms with Crippen LogP contribution < -0.4 is 10.1 Å². The normalized spacial score (nSPS) is 15.2. The topological polar surface area (TPSA) is 84.9 Å². The van der Waals surface area contributed by atoms with E-state index in [1.165, 1.54) is 16.4 Å². The molecule has 8 heteroatoms. The van der Waals surface area contributed by atoms with Crippen molar-refractivity contribution in [2.45, 2.75) is 38.2 Å². The van der Waals surface area contributed by atoms with Crippen LogP contribution in [0.4, 0.5) is 5.69 Å². The summed E-state index contributed by atoms with van der Waals surface area (Å²) in [5, 5.41) is 2.84. The summed E-state index contributed by atoms with van der Waals surface area (Å²) >= 11 is 0. The second kappa shape index (κ2) is 9.59. The quantitative estimate of drug-likeness (QED) is 0.727. The molecule has 1 saturated heterocycles. The molecule has 1 aliphatic heterocycles. The van der Waals surface area contributed by atoms with Crippen molar-refractivity contribution in [3.05, 3.63) is 53.6 Å². The zero-order valence-corrected chi connectivity index (χ0v) is 18.4. The van der Waals surface area contributed by atoms with Gasteiger partial charge >= 0.3 is 0 Å². The molecule has 30 heavy (non-hydrogen) atoms. The second-order valence-corrected chi connectivity index (χ2v) is 9.43. The van der Waals surface area contributed by atoms with E-state index in [1.54, 1.807) is 6.07 Å². The van der Waals surface area contributed by atoms with Gasteiger partial charge in [0.25, 0.3) is 0 Å². The summed E-state index contributed by atoms with van der Waals surface area (Å²) < 4.78 is 38.5. The summed E-state index contributed by atoms with van der Waals surface area (Å²) in [5.41, 5.74) is 2.28. The standard InChI is InChI=1S/C22H28N2O5S/c1-16(2)29-21-9-8-19(30(26,27)24-10-12-28-13-11-24)15-20(21)23-22(25)14-18-7-5-4-6-17(18)3/h4-9,15-16H,10-14H2,1-3H3,(H,23,25). The van der Waals surface area contributed by atoms with Crippen LogP contribution in [-0.4, -0.2) is 51.0 Å². The van der Waals surface area contributed by atoms with E-state index >= 15 is 0 Å². The molecule has 1 aliphatic rings. The third-order valence-corrected chi connectivity index (χ3v) is 6.70. The highest BCUT2D eigenvalue weighted by molar-refractivity contribution is 7.89. The Kier molecular flexibility index (Phi) is 7.12. The van der Waals surface area contributed by atoms with Crippen LogP contribution in [0.3, 0.4) is 0 Å². The van der Waals surface area contributed by atoms with Gasteiger partial charge in [0.2, 0.25) is 15.9 Å². The summed E-state index contributed by atoms with van der Waals surface area (Å²) in [4.78, 5) is 12.8. The molecule has 0 unspecified atom stereocenters. The number of carbonyl (C=O) groups is 1. The Hall–Kier alpha value is -2.42. The minimum absolute atomic E-state index is 0.117. The monoisotopic (exact) mass is 432 g/mol. The van der Waals surface area contributed by atoms with E-state index in [0.29, 0.717) is 37.7 Å². The average Bonchev–Trinajstić information content (AvgIpc) is 2.71. The molecule has 1 fully saturated rings. The van der Waals surface area contributed by atoms with E-state index in [1.807, 2.05) is 45.0 Å². The molecular formula is C22H28N2O5S. The van der Waals surface area contributed by atoms with Crippen LogP contribution >= 0.6 is 0 Å². The van der Waals surface area contributed by atoms with Gasteiger partial charge in [0.15, 0.2) is 0 Å². The van der Waals surface area contributed by atoms with Crippen LogP contribution in [0, 0.1) is 6.92 Å². The lowest BCUT2D eigenvalue weighted by atomic mass is 10.1. The molecule has 1 amide bonds. The minimum atomic E-state index is -3.68. The van der Waals surface area contributed by atoms with Gasteiger partial charge in [0.05, 0.1) is 36.3 Å². The van der Waals surface area contributed by atoms with E-state index in [2.05, 4.69) is 5.32 Å². The third-order valence-electron chi connectivity index (χ3n) is 4.81. The Balaban J connectivity index is 1.87. The van der Waals surface area contributed by atoms with Gasteiger partial charge in [-0.1, -0.05) is 24.3 Å². The number of nitrogens with zero attached hydrogens (tertiary/aromatic N) is 1. The van der Waals surface area contributed by atoms with Crippen molar-refractivity contribution < 1.29 is 22.7 Å². The maximum atomic E-state index is 13.0. The molecule has 0 aromatic heterocycles. The number of hydrogen-bond donors (Lipinski definition) is 1. The largest absolute Gasteiger partial charge is 0.489 e. The van der Waals surface area contributed by atoms with Gasteiger partial charge in [-0.05, 0) is 50.1 Å². The van der Waals surface area contributed by atoms with E-state index in [0.717, 1.165) is 11.1 Å². The molecule has 0 spiro atoms. The summed E-state index contributed by atoms with van der Waals surface area (Å²) in [7, 11) is -3.68. The number of ether oxygens (including phenoxy) is 2. The predicted octanol–water partition coefficient (Wildman–Crippen LogP) is 2.98. The number of sulfonamides is 1. The Labute approximate surface area is 178 Å². The Bertz CT molecular complexity index is 998. The molecule has 0 saturated carbocycles. The first-order valence-electron chi connectivity index (χ1n) is 10.0. The van der Waals surface area contributed by atoms with Crippen molar-refractivity contribution >= 4 is 21.6 Å². The van der Waals surface area contributed by atoms with Gasteiger partial charge in [0, 0.05) is 13.1 Å². The van der Waals surface area contributed by atoms with Crippen LogP contribution in [-0.2, 0) is 26.0 Å². The van der Waals surface area contributed by atoms with Gasteiger partial charge in [-0.15, -0.1) is 0 Å². The summed E-state index contributed by atoms with van der Waals surface area (Å²) in [6.07, 6.45) is 0.0625. The molecule has 0 aliphatic carbocycles. The lowest BCUT2D eigenvalue weighted by molar-refractivity contribution is -0.115. The number of morpholine rings is 1. The highest BCUT2D eigenvalue weighted by atomic mass is 32.2. The van der Waals surface area contributed by atoms with Crippen LogP contribution in [0.5, 0.6) is 5.75 Å². The predicted molar refractivity (Wildman–Crippen MR) is 115 cm³/mol. The first kappa shape index (κ1) is 22.3. The van der Waals surface area contributed by atoms with Gasteiger partial charge in [-0.2, -0.15) is 4.31 Å². The number of rotatable bonds is 7. The Morgan fingerprint density at radius 1 is 1.17 bits per heavy atom. The fourth-order valence-electron chi connectivity index (χ4n) is 3.24. The lowest BCUT2D eigenvalue weighted by Gasteiger charge is -2.26. The summed E-state index contributed by atoms with van der Waals surface area (Å²) in [5.74, 6) is 0.197. The van der Waals surface area contributed by atoms with Gasteiger partial charge < -0.3 is 14.8 Å². The summed E-state index contributed by atoms with van der Waals surface area (Å²) in [6.45, 7) is 7.05. The number of anilines is 1. The number of aryl methyl sites for hydroxylation is 1. The van der Waals surface area contributed by atoms with Crippen molar-refractivity contribution in [2.24, 2.45) is 0 Å². The van der Waals surface area contributed by atoms with Crippen molar-refractivity contribution in [3.63, 3.8) is 0 Å². The van der Waals surface area contributed by atoms with E-state index in [4.69, 9.17) is 9.47 Å². The average molecular weight is 433 g/mol. The van der Waals surface area contributed by atoms with E-state index in [9.17, 15) is 13.2 Å². The van der Waals surface area contributed by atoms with Crippen molar-refractivity contribution in [1.82, 2.24) is 4.31 Å². The highest BCUT2D eigenvalue weighted by Crippen LogP contribution is 2.30. The molecule has 0 bridgehead atoms. The molecule has 0 atom stereocenters. The number of nitrogens with one attached hydrogen (secondary N) is 1. The number of benzene rings is 2. The molecule has 2 aromatic carbocycles. The van der Waals surface area contributed by atoms with Crippen LogP contribution in [0.1, 0.15) is 25.0 Å². The van der Waals surface area contributed by atoms with Crippen LogP contribution in [0.2, 0.25) is 0 Å². The number of amides is 1. The van der Waals surface area contributed by atoms with Crippen molar-refractivity contribution in [3.8, 4) is 5.75 Å². The lowest BCUT2D eigenvalue weighted by Crippen LogP contribution is -2.40. The zero-order chi connectivity index (χ0) is 21.7. The maximum Gasteiger partial charge on any atom is 0.243 e. The highest BCUT2D eigenvalue weighted by Gasteiger charge is 2.27. The molecular weight excluding hydrogens is 404 g/mol. The fourth-order valence-corrected chi connectivity index (χ4v) is 4.67. The zero-order valence-electron chi connectivity index (χ0n) is 17.6. The smallest absolute Gasteiger partial charge is 0.243 e. The first-order chi connectivity index (χ1) is 14.3. The van der Waals surface area contributed by atoms with Crippen molar-refractivity contribution in [1.29, 1.82) is 0 Å². The molecule has 7 nitrogen and oxygen atoms in total. The molecule has 1 N–H and O–H groups in total. The second-order valence-electron chi connectivity index (χ2n) is 7.49. The SMILES string of the molecule is Cc1ccccc1CC(=O)Nc1cc(S(=O)(=O)N2CCOCC2)ccc1OC(C)C. The molecule has 0 radical (unpaired) electrons. The van der Waals surface area contributed by atoms with E-state index < -0.39 is 10.0 Å². The van der Waals surface area contributed by atoms with Crippen molar-refractivity contribution in [2.75, 3.05) is 31.6 Å². The molecule has 162 valence electrons. The molecule has 3 rings (SSSR count). The van der Waals surface area contributed by atoms with Crippen LogP contribution in [0.25, 0.3) is 0 Å². The van der Waals surface area contributed by atoms with Gasteiger partial charge in [-0.25, -0.2) is 8.42 Å². The summed E-state index contributed by atoms with van der Waals surface area (Å²) in [6, 6.07) is 12.2. The van der Waals surface area contributed by atoms with Crippen LogP contribution in [0.15, 0.2) is 47.4 Å². The Morgan fingerprint density at radius 2 is 1.87 bits per heavy atom. The minimum Gasteiger partial charge on any atom is -0.489 e. The third kappa shape index (κ3) is 5.38.